The predicted molar refractivity (Wildman–Crippen MR) is 123 cm³/mol. The molecule has 0 saturated heterocycles. The molecule has 7 heteroatoms. The number of nitrogens with one attached hydrogen (secondary N) is 1. The Bertz CT molecular complexity index is 1070. The Morgan fingerprint density at radius 3 is 2.42 bits per heavy atom. The topological polar surface area (TPSA) is 96.0 Å². The SMILES string of the molecule is Cc1cc(C(C)C)c(CC(=O)CS(=N)(=O)c2ccn(C(C)(C)O)n2)c(C(C)C2CC2)c1. The smallest absolute Gasteiger partial charge is 0.158 e. The first-order valence-electron chi connectivity index (χ1n) is 11.0. The van der Waals surface area contributed by atoms with Crippen LogP contribution in [0.1, 0.15) is 81.5 Å². The molecule has 3 rings (SSSR count). The molecule has 1 heterocycles. The Hall–Kier alpha value is -1.99. The number of hydrogen-bond donors (Lipinski definition) is 2. The van der Waals surface area contributed by atoms with E-state index in [1.807, 2.05) is 0 Å². The summed E-state index contributed by atoms with van der Waals surface area (Å²) in [7, 11) is -3.39. The summed E-state index contributed by atoms with van der Waals surface area (Å²) < 4.78 is 22.6. The zero-order valence-corrected chi connectivity index (χ0v) is 20.3. The summed E-state index contributed by atoms with van der Waals surface area (Å²) in [6, 6.07) is 5.80. The van der Waals surface area contributed by atoms with Crippen LogP contribution in [0.3, 0.4) is 0 Å². The largest absolute Gasteiger partial charge is 0.370 e. The van der Waals surface area contributed by atoms with Crippen LogP contribution >= 0.6 is 0 Å². The van der Waals surface area contributed by atoms with Crippen LogP contribution in [0, 0.1) is 17.6 Å². The molecule has 0 radical (unpaired) electrons. The van der Waals surface area contributed by atoms with Crippen LogP contribution in [0.15, 0.2) is 29.4 Å². The number of benzene rings is 1. The second-order valence-corrected chi connectivity index (χ2v) is 11.9. The zero-order valence-electron chi connectivity index (χ0n) is 19.4. The predicted octanol–water partition coefficient (Wildman–Crippen LogP) is 4.73. The number of ketones is 1. The number of hydrogen-bond acceptors (Lipinski definition) is 5. The van der Waals surface area contributed by atoms with E-state index in [0.717, 1.165) is 5.56 Å². The van der Waals surface area contributed by atoms with Crippen molar-refractivity contribution < 1.29 is 14.1 Å². The third kappa shape index (κ3) is 5.44. The van der Waals surface area contributed by atoms with Crippen molar-refractivity contribution in [2.75, 3.05) is 5.75 Å². The molecule has 0 aliphatic heterocycles. The molecule has 2 unspecified atom stereocenters. The number of carbonyl (C=O) groups excluding carboxylic acids is 1. The Kier molecular flexibility index (Phi) is 6.50. The number of aliphatic hydroxyl groups is 1. The number of nitrogens with zero attached hydrogens (tertiary/aromatic N) is 2. The fourth-order valence-corrected chi connectivity index (χ4v) is 5.39. The van der Waals surface area contributed by atoms with Gasteiger partial charge in [-0.05, 0) is 74.1 Å². The van der Waals surface area contributed by atoms with Gasteiger partial charge in [-0.15, -0.1) is 0 Å². The van der Waals surface area contributed by atoms with E-state index in [2.05, 4.69) is 44.9 Å². The number of Topliss-reactive ketones (excluding diaryl/α,β-unsaturated/α-hetero) is 1. The summed E-state index contributed by atoms with van der Waals surface area (Å²) in [5.74, 6) is 0.742. The van der Waals surface area contributed by atoms with Crippen molar-refractivity contribution in [2.45, 2.75) is 83.4 Å². The van der Waals surface area contributed by atoms with E-state index in [-0.39, 0.29) is 28.9 Å². The van der Waals surface area contributed by atoms with E-state index >= 15 is 0 Å². The van der Waals surface area contributed by atoms with Gasteiger partial charge in [-0.1, -0.05) is 38.5 Å². The van der Waals surface area contributed by atoms with E-state index in [0.29, 0.717) is 11.8 Å². The molecule has 170 valence electrons. The summed E-state index contributed by atoms with van der Waals surface area (Å²) >= 11 is 0. The highest BCUT2D eigenvalue weighted by Gasteiger charge is 2.32. The number of aryl methyl sites for hydroxylation is 1. The Labute approximate surface area is 186 Å². The molecule has 0 amide bonds. The molecule has 2 N–H and O–H groups in total. The second-order valence-electron chi connectivity index (χ2n) is 9.83. The quantitative estimate of drug-likeness (QED) is 0.583. The third-order valence-corrected chi connectivity index (χ3v) is 7.73. The van der Waals surface area contributed by atoms with E-state index in [1.165, 1.54) is 46.5 Å². The van der Waals surface area contributed by atoms with E-state index in [1.54, 1.807) is 13.8 Å². The minimum Gasteiger partial charge on any atom is -0.370 e. The van der Waals surface area contributed by atoms with Gasteiger partial charge < -0.3 is 5.11 Å². The zero-order chi connectivity index (χ0) is 23.1. The highest BCUT2D eigenvalue weighted by molar-refractivity contribution is 7.93. The van der Waals surface area contributed by atoms with Crippen LogP contribution in [0.25, 0.3) is 0 Å². The number of carbonyl (C=O) groups is 1. The van der Waals surface area contributed by atoms with Crippen molar-refractivity contribution in [3.05, 3.63) is 46.6 Å². The standard InChI is InChI=1S/C24H35N3O3S/c1-15(2)20-11-16(3)12-21(17(4)18-7-8-18)22(20)13-19(28)14-31(25,30)23-9-10-27(26-23)24(5,6)29/h9-12,15,17-18,25,29H,7-8,13-14H2,1-6H3. The van der Waals surface area contributed by atoms with Gasteiger partial charge in [0.05, 0.1) is 15.5 Å². The van der Waals surface area contributed by atoms with Gasteiger partial charge in [0.1, 0.15) is 0 Å². The Balaban J connectivity index is 1.88. The van der Waals surface area contributed by atoms with Gasteiger partial charge in [0.15, 0.2) is 16.5 Å². The minimum absolute atomic E-state index is 0.0301. The Morgan fingerprint density at radius 1 is 1.29 bits per heavy atom. The first-order chi connectivity index (χ1) is 14.3. The lowest BCUT2D eigenvalue weighted by molar-refractivity contribution is -0.116. The van der Waals surface area contributed by atoms with Crippen molar-refractivity contribution in [1.29, 1.82) is 4.78 Å². The molecule has 0 spiro atoms. The molecule has 31 heavy (non-hydrogen) atoms. The van der Waals surface area contributed by atoms with Crippen LogP contribution in [0.4, 0.5) is 0 Å². The average Bonchev–Trinajstić information content (AvgIpc) is 3.35. The maximum absolute atomic E-state index is 13.0. The summed E-state index contributed by atoms with van der Waals surface area (Å²) in [6.45, 7) is 11.7. The summed E-state index contributed by atoms with van der Waals surface area (Å²) in [5, 5.41) is 14.2. The summed E-state index contributed by atoms with van der Waals surface area (Å²) in [5.41, 5.74) is 3.37. The fraction of sp³-hybridized carbons (Fsp3) is 0.583. The van der Waals surface area contributed by atoms with Crippen molar-refractivity contribution in [3.8, 4) is 0 Å². The molecule has 1 aliphatic carbocycles. The lowest BCUT2D eigenvalue weighted by atomic mass is 9.83. The molecular weight excluding hydrogens is 410 g/mol. The molecule has 1 saturated carbocycles. The number of aromatic nitrogens is 2. The van der Waals surface area contributed by atoms with Gasteiger partial charge in [0.25, 0.3) is 0 Å². The summed E-state index contributed by atoms with van der Waals surface area (Å²) in [6.07, 6.45) is 4.12. The molecular formula is C24H35N3O3S. The van der Waals surface area contributed by atoms with Crippen molar-refractivity contribution in [2.24, 2.45) is 5.92 Å². The van der Waals surface area contributed by atoms with Gasteiger partial charge in [-0.2, -0.15) is 5.10 Å². The lowest BCUT2D eigenvalue weighted by Crippen LogP contribution is -2.26. The van der Waals surface area contributed by atoms with Crippen molar-refractivity contribution >= 4 is 15.5 Å². The fourth-order valence-electron chi connectivity index (χ4n) is 4.19. The molecule has 2 aromatic rings. The molecule has 6 nitrogen and oxygen atoms in total. The van der Waals surface area contributed by atoms with Gasteiger partial charge in [0.2, 0.25) is 0 Å². The van der Waals surface area contributed by atoms with Crippen LogP contribution in [0.5, 0.6) is 0 Å². The molecule has 0 bridgehead atoms. The maximum Gasteiger partial charge on any atom is 0.158 e. The van der Waals surface area contributed by atoms with Gasteiger partial charge >= 0.3 is 0 Å². The highest BCUT2D eigenvalue weighted by Crippen LogP contribution is 2.44. The van der Waals surface area contributed by atoms with Crippen molar-refractivity contribution in [1.82, 2.24) is 9.78 Å². The first-order valence-corrected chi connectivity index (χ1v) is 12.7. The molecule has 1 aromatic heterocycles. The van der Waals surface area contributed by atoms with E-state index in [9.17, 15) is 14.1 Å². The molecule has 2 atom stereocenters. The third-order valence-electron chi connectivity index (χ3n) is 6.11. The van der Waals surface area contributed by atoms with Crippen molar-refractivity contribution in [3.63, 3.8) is 0 Å². The lowest BCUT2D eigenvalue weighted by Gasteiger charge is -2.22. The highest BCUT2D eigenvalue weighted by atomic mass is 32.2. The average molecular weight is 446 g/mol. The van der Waals surface area contributed by atoms with Gasteiger partial charge in [0, 0.05) is 12.6 Å². The van der Waals surface area contributed by atoms with Crippen LogP contribution in [-0.4, -0.2) is 30.6 Å². The van der Waals surface area contributed by atoms with Crippen LogP contribution in [0.2, 0.25) is 0 Å². The van der Waals surface area contributed by atoms with E-state index < -0.39 is 15.5 Å². The second kappa shape index (κ2) is 8.51. The van der Waals surface area contributed by atoms with Crippen LogP contribution < -0.4 is 0 Å². The van der Waals surface area contributed by atoms with Gasteiger partial charge in [-0.25, -0.2) is 13.7 Å². The van der Waals surface area contributed by atoms with E-state index in [4.69, 9.17) is 4.78 Å². The monoisotopic (exact) mass is 445 g/mol. The van der Waals surface area contributed by atoms with Crippen LogP contribution in [-0.2, 0) is 26.7 Å². The first kappa shape index (κ1) is 23.7. The molecule has 1 fully saturated rings. The normalized spacial score (nSPS) is 17.5. The minimum atomic E-state index is -3.39. The van der Waals surface area contributed by atoms with Gasteiger partial charge in [-0.3, -0.25) is 4.79 Å². The Morgan fingerprint density at radius 2 is 1.90 bits per heavy atom. The molecule has 1 aliphatic rings. The molecule has 1 aromatic carbocycles. The number of rotatable bonds is 9. The maximum atomic E-state index is 13.0. The summed E-state index contributed by atoms with van der Waals surface area (Å²) in [4.78, 5) is 13.0.